The number of hydrogen-bond donors (Lipinski definition) is 2. The summed E-state index contributed by atoms with van der Waals surface area (Å²) in [6.07, 6.45) is -1.36. The van der Waals surface area contributed by atoms with Crippen LogP contribution in [-0.4, -0.2) is 119 Å². The van der Waals surface area contributed by atoms with E-state index in [1.165, 1.54) is 14.7 Å². The maximum Gasteiger partial charge on any atom is 0.329 e. The van der Waals surface area contributed by atoms with Gasteiger partial charge in [0.1, 0.15) is 30.3 Å². The van der Waals surface area contributed by atoms with Crippen molar-refractivity contribution in [2.45, 2.75) is 76.4 Å². The highest BCUT2D eigenvalue weighted by atomic mass is 16.5. The predicted molar refractivity (Wildman–Crippen MR) is 120 cm³/mol. The highest BCUT2D eigenvalue weighted by Crippen LogP contribution is 2.27. The molecule has 0 radical (unpaired) electrons. The summed E-state index contributed by atoms with van der Waals surface area (Å²) in [5.41, 5.74) is 0. The van der Waals surface area contributed by atoms with Gasteiger partial charge in [0.15, 0.2) is 0 Å². The van der Waals surface area contributed by atoms with E-state index in [4.69, 9.17) is 9.47 Å². The van der Waals surface area contributed by atoms with Gasteiger partial charge in [0.05, 0.1) is 25.7 Å². The van der Waals surface area contributed by atoms with Gasteiger partial charge in [-0.25, -0.2) is 4.79 Å². The molecular formula is C23H34N4O8. The molecule has 0 saturated carbocycles. The van der Waals surface area contributed by atoms with Crippen molar-refractivity contribution in [2.24, 2.45) is 5.92 Å². The molecule has 5 unspecified atom stereocenters. The standard InChI is InChI=1S/C23H34N4O8/c1-12-6-17-23(33)35-13(2)7-19(29)26-10-15(28)8-16(26)22(32)25-4-5-34-11-18(25)20(30)24-14(3)21(31)27(17)9-12/h12-18,28H,4-11H2,1-3H3,(H,24,30)/t12-,13?,14?,15-,16?,17?,18?/m1/s1. The molecule has 12 heteroatoms. The third kappa shape index (κ3) is 5.13. The lowest BCUT2D eigenvalue weighted by atomic mass is 10.1. The molecule has 4 heterocycles. The first-order valence-electron chi connectivity index (χ1n) is 12.2. The Bertz CT molecular complexity index is 897. The Morgan fingerprint density at radius 2 is 1.63 bits per heavy atom. The number of carbonyl (C=O) groups excluding carboxylic acids is 5. The molecule has 4 fully saturated rings. The number of aliphatic hydroxyl groups is 1. The summed E-state index contributed by atoms with van der Waals surface area (Å²) >= 11 is 0. The second-order valence-electron chi connectivity index (χ2n) is 10.1. The lowest BCUT2D eigenvalue weighted by Crippen LogP contribution is -2.62. The van der Waals surface area contributed by atoms with Crippen LogP contribution in [0.4, 0.5) is 0 Å². The first kappa shape index (κ1) is 25.4. The lowest BCUT2D eigenvalue weighted by molar-refractivity contribution is -0.161. The summed E-state index contributed by atoms with van der Waals surface area (Å²) in [5.74, 6) is -2.40. The van der Waals surface area contributed by atoms with Gasteiger partial charge in [-0.05, 0) is 26.2 Å². The first-order chi connectivity index (χ1) is 16.6. The number of rotatable bonds is 0. The monoisotopic (exact) mass is 494 g/mol. The molecule has 0 aromatic heterocycles. The van der Waals surface area contributed by atoms with Gasteiger partial charge < -0.3 is 34.6 Å². The van der Waals surface area contributed by atoms with E-state index in [-0.39, 0.29) is 45.1 Å². The zero-order chi connectivity index (χ0) is 25.4. The topological polar surface area (TPSA) is 146 Å². The normalized spacial score (nSPS) is 37.5. The molecule has 0 aliphatic carbocycles. The quantitative estimate of drug-likeness (QED) is 0.377. The molecule has 35 heavy (non-hydrogen) atoms. The minimum atomic E-state index is -0.980. The van der Waals surface area contributed by atoms with E-state index in [9.17, 15) is 29.1 Å². The van der Waals surface area contributed by atoms with Crippen molar-refractivity contribution in [3.8, 4) is 0 Å². The van der Waals surface area contributed by atoms with Crippen LogP contribution in [0.25, 0.3) is 0 Å². The Labute approximate surface area is 203 Å². The van der Waals surface area contributed by atoms with Gasteiger partial charge >= 0.3 is 5.97 Å². The van der Waals surface area contributed by atoms with E-state index in [0.717, 1.165) is 0 Å². The summed E-state index contributed by atoms with van der Waals surface area (Å²) in [4.78, 5) is 70.0. The summed E-state index contributed by atoms with van der Waals surface area (Å²) in [6.45, 7) is 5.71. The number of nitrogens with zero attached hydrogens (tertiary/aromatic N) is 3. The number of esters is 1. The van der Waals surface area contributed by atoms with E-state index < -0.39 is 66.0 Å². The van der Waals surface area contributed by atoms with Crippen LogP contribution >= 0.6 is 0 Å². The number of carbonyl (C=O) groups is 5. The van der Waals surface area contributed by atoms with Crippen molar-refractivity contribution >= 4 is 29.6 Å². The third-order valence-corrected chi connectivity index (χ3v) is 7.17. The third-order valence-electron chi connectivity index (χ3n) is 7.17. The SMILES string of the molecule is CC1CC(=O)N2C[C@H](O)CC2C(=O)N2CCOCC2C(=O)NC(C)C(=O)N2C[C@H](C)CC2C(=O)O1. The number of amides is 4. The zero-order valence-electron chi connectivity index (χ0n) is 20.3. The van der Waals surface area contributed by atoms with Crippen molar-refractivity contribution < 1.29 is 38.6 Å². The second kappa shape index (κ2) is 10.1. The molecule has 4 saturated heterocycles. The maximum absolute atomic E-state index is 13.5. The number of fused-ring (bicyclic) bond motifs is 3. The van der Waals surface area contributed by atoms with Crippen molar-refractivity contribution in [3.05, 3.63) is 0 Å². The van der Waals surface area contributed by atoms with Crippen LogP contribution in [-0.2, 0) is 33.4 Å². The van der Waals surface area contributed by atoms with Crippen molar-refractivity contribution in [2.75, 3.05) is 32.8 Å². The molecule has 0 aromatic carbocycles. The van der Waals surface area contributed by atoms with Gasteiger partial charge in [-0.15, -0.1) is 0 Å². The fraction of sp³-hybridized carbons (Fsp3) is 0.783. The van der Waals surface area contributed by atoms with E-state index >= 15 is 0 Å². The summed E-state index contributed by atoms with van der Waals surface area (Å²) in [6, 6.07) is -3.66. The average Bonchev–Trinajstić information content (AvgIpc) is 3.40. The van der Waals surface area contributed by atoms with Crippen LogP contribution in [0.3, 0.4) is 0 Å². The highest BCUT2D eigenvalue weighted by Gasteiger charge is 2.46. The Balaban J connectivity index is 1.65. The van der Waals surface area contributed by atoms with Crippen LogP contribution in [0, 0.1) is 5.92 Å². The first-order valence-corrected chi connectivity index (χ1v) is 12.2. The number of cyclic esters (lactones) is 1. The van der Waals surface area contributed by atoms with Crippen molar-refractivity contribution in [1.82, 2.24) is 20.0 Å². The molecule has 0 spiro atoms. The number of aliphatic hydroxyl groups excluding tert-OH is 1. The molecule has 4 rings (SSSR count). The number of morpholine rings is 1. The molecule has 4 aliphatic heterocycles. The van der Waals surface area contributed by atoms with Crippen LogP contribution < -0.4 is 5.32 Å². The van der Waals surface area contributed by atoms with Crippen LogP contribution in [0.1, 0.15) is 40.0 Å². The molecule has 12 nitrogen and oxygen atoms in total. The van der Waals surface area contributed by atoms with E-state index in [1.807, 2.05) is 6.92 Å². The van der Waals surface area contributed by atoms with Gasteiger partial charge in [-0.1, -0.05) is 6.92 Å². The van der Waals surface area contributed by atoms with Gasteiger partial charge in [0.25, 0.3) is 0 Å². The Kier molecular flexibility index (Phi) is 7.32. The van der Waals surface area contributed by atoms with Gasteiger partial charge in [0.2, 0.25) is 23.6 Å². The molecule has 4 aliphatic rings. The van der Waals surface area contributed by atoms with E-state index in [0.29, 0.717) is 13.0 Å². The van der Waals surface area contributed by atoms with Crippen molar-refractivity contribution in [3.63, 3.8) is 0 Å². The Morgan fingerprint density at radius 1 is 0.886 bits per heavy atom. The van der Waals surface area contributed by atoms with Crippen LogP contribution in [0.2, 0.25) is 0 Å². The smallest absolute Gasteiger partial charge is 0.329 e. The molecule has 4 amide bonds. The summed E-state index contributed by atoms with van der Waals surface area (Å²) in [7, 11) is 0. The fourth-order valence-corrected chi connectivity index (χ4v) is 5.41. The number of ether oxygens (including phenoxy) is 2. The second-order valence-corrected chi connectivity index (χ2v) is 10.1. The lowest BCUT2D eigenvalue weighted by Gasteiger charge is -2.38. The molecule has 194 valence electrons. The minimum absolute atomic E-state index is 0.0173. The van der Waals surface area contributed by atoms with E-state index in [1.54, 1.807) is 13.8 Å². The largest absolute Gasteiger partial charge is 0.461 e. The zero-order valence-corrected chi connectivity index (χ0v) is 20.3. The summed E-state index contributed by atoms with van der Waals surface area (Å²) < 4.78 is 11.0. The van der Waals surface area contributed by atoms with Gasteiger partial charge in [-0.3, -0.25) is 19.2 Å². The number of nitrogens with one attached hydrogen (secondary N) is 1. The highest BCUT2D eigenvalue weighted by molar-refractivity contribution is 5.96. The van der Waals surface area contributed by atoms with E-state index in [2.05, 4.69) is 5.32 Å². The Hall–Kier alpha value is -2.73. The predicted octanol–water partition coefficient (Wildman–Crippen LogP) is -1.75. The van der Waals surface area contributed by atoms with Crippen LogP contribution in [0.5, 0.6) is 0 Å². The minimum Gasteiger partial charge on any atom is -0.461 e. The molecule has 0 aromatic rings. The summed E-state index contributed by atoms with van der Waals surface area (Å²) in [5, 5.41) is 12.9. The maximum atomic E-state index is 13.5. The fourth-order valence-electron chi connectivity index (χ4n) is 5.41. The van der Waals surface area contributed by atoms with Gasteiger partial charge in [-0.2, -0.15) is 0 Å². The van der Waals surface area contributed by atoms with Crippen molar-refractivity contribution in [1.29, 1.82) is 0 Å². The molecule has 7 atom stereocenters. The number of hydrogen-bond acceptors (Lipinski definition) is 8. The average molecular weight is 495 g/mol. The van der Waals surface area contributed by atoms with Crippen LogP contribution in [0.15, 0.2) is 0 Å². The Morgan fingerprint density at radius 3 is 2.37 bits per heavy atom. The molecule has 2 N–H and O–H groups in total. The molecule has 0 bridgehead atoms. The van der Waals surface area contributed by atoms with Gasteiger partial charge in [0, 0.05) is 26.1 Å². The molecular weight excluding hydrogens is 460 g/mol.